The van der Waals surface area contributed by atoms with Crippen molar-refractivity contribution in [2.75, 3.05) is 25.0 Å². The SMILES string of the molecule is Cc1cc(NC(=O)c2c3c(cn2C)S(=O)(=O)N[C@@H]2CCNC[C@H]2CO3)ccc1F.Cl. The fourth-order valence-corrected chi connectivity index (χ4v) is 5.32. The van der Waals surface area contributed by atoms with Gasteiger partial charge < -0.3 is 19.9 Å². The number of fused-ring (bicyclic) bond motifs is 2. The average Bonchev–Trinajstić information content (AvgIpc) is 3.00. The second-order valence-electron chi connectivity index (χ2n) is 7.49. The zero-order chi connectivity index (χ0) is 20.8. The van der Waals surface area contributed by atoms with E-state index in [4.69, 9.17) is 4.74 Å². The number of rotatable bonds is 2. The van der Waals surface area contributed by atoms with E-state index in [-0.39, 0.29) is 53.1 Å². The highest BCUT2D eigenvalue weighted by Crippen LogP contribution is 2.34. The number of nitrogens with one attached hydrogen (secondary N) is 3. The molecule has 11 heteroatoms. The van der Waals surface area contributed by atoms with Gasteiger partial charge in [-0.25, -0.2) is 17.5 Å². The third-order valence-electron chi connectivity index (χ3n) is 5.38. The topological polar surface area (TPSA) is 101 Å². The molecule has 0 aliphatic carbocycles. The first-order valence-electron chi connectivity index (χ1n) is 9.39. The lowest BCUT2D eigenvalue weighted by Crippen LogP contribution is -2.52. The average molecular weight is 459 g/mol. The zero-order valence-corrected chi connectivity index (χ0v) is 18.2. The molecule has 0 spiro atoms. The van der Waals surface area contributed by atoms with Gasteiger partial charge in [-0.05, 0) is 43.7 Å². The third kappa shape index (κ3) is 4.18. The monoisotopic (exact) mass is 458 g/mol. The molecule has 8 nitrogen and oxygen atoms in total. The Bertz CT molecular complexity index is 1070. The van der Waals surface area contributed by atoms with Crippen LogP contribution in [0.5, 0.6) is 5.75 Å². The van der Waals surface area contributed by atoms with Crippen LogP contribution in [0.3, 0.4) is 0 Å². The van der Waals surface area contributed by atoms with Gasteiger partial charge in [0, 0.05) is 37.4 Å². The summed E-state index contributed by atoms with van der Waals surface area (Å²) in [6, 6.07) is 4.01. The number of hydrogen-bond donors (Lipinski definition) is 3. The molecular weight excluding hydrogens is 435 g/mol. The number of carbonyl (C=O) groups is 1. The van der Waals surface area contributed by atoms with E-state index in [2.05, 4.69) is 15.4 Å². The Morgan fingerprint density at radius 2 is 2.13 bits per heavy atom. The van der Waals surface area contributed by atoms with E-state index in [0.717, 1.165) is 6.54 Å². The molecule has 1 amide bonds. The van der Waals surface area contributed by atoms with Crippen LogP contribution in [0, 0.1) is 18.7 Å². The van der Waals surface area contributed by atoms with Gasteiger partial charge in [0.2, 0.25) is 10.0 Å². The lowest BCUT2D eigenvalue weighted by Gasteiger charge is -2.34. The van der Waals surface area contributed by atoms with Crippen molar-refractivity contribution >= 4 is 34.0 Å². The summed E-state index contributed by atoms with van der Waals surface area (Å²) in [5, 5.41) is 5.93. The zero-order valence-electron chi connectivity index (χ0n) is 16.6. The summed E-state index contributed by atoms with van der Waals surface area (Å²) in [7, 11) is -2.26. The van der Waals surface area contributed by atoms with E-state index in [0.29, 0.717) is 24.2 Å². The number of hydrogen-bond acceptors (Lipinski definition) is 5. The van der Waals surface area contributed by atoms with Gasteiger partial charge in [-0.1, -0.05) is 0 Å². The maximum atomic E-state index is 13.5. The summed E-state index contributed by atoms with van der Waals surface area (Å²) >= 11 is 0. The molecule has 1 aromatic carbocycles. The molecule has 2 aromatic rings. The van der Waals surface area contributed by atoms with Crippen LogP contribution in [0.25, 0.3) is 0 Å². The quantitative estimate of drug-likeness (QED) is 0.637. The number of benzene rings is 1. The van der Waals surface area contributed by atoms with Gasteiger partial charge in [-0.3, -0.25) is 4.79 Å². The standard InChI is InChI=1S/C19H23FN4O4S.ClH/c1-11-7-13(3-4-14(11)20)22-19(25)17-18-16(9-24(17)2)29(26,27)23-15-5-6-21-8-12(15)10-28-18;/h3-4,7,9,12,15,21,23H,5-6,8,10H2,1-2H3,(H,22,25);1H/t12-,15+;/m0./s1. The summed E-state index contributed by atoms with van der Waals surface area (Å²) in [4.78, 5) is 12.9. The highest BCUT2D eigenvalue weighted by atomic mass is 35.5. The fraction of sp³-hybridized carbons (Fsp3) is 0.421. The number of ether oxygens (including phenoxy) is 1. The molecule has 0 unspecified atom stereocenters. The minimum absolute atomic E-state index is 0. The van der Waals surface area contributed by atoms with Gasteiger partial charge in [-0.2, -0.15) is 0 Å². The van der Waals surface area contributed by atoms with Crippen LogP contribution < -0.4 is 20.1 Å². The van der Waals surface area contributed by atoms with E-state index in [9.17, 15) is 17.6 Å². The molecule has 0 bridgehead atoms. The Labute approximate surface area is 180 Å². The maximum absolute atomic E-state index is 13.5. The molecule has 2 atom stereocenters. The minimum Gasteiger partial charge on any atom is -0.489 e. The van der Waals surface area contributed by atoms with Crippen molar-refractivity contribution in [3.63, 3.8) is 0 Å². The van der Waals surface area contributed by atoms with Crippen molar-refractivity contribution in [2.24, 2.45) is 13.0 Å². The predicted octanol–water partition coefficient (Wildman–Crippen LogP) is 1.80. The van der Waals surface area contributed by atoms with E-state index in [1.54, 1.807) is 14.0 Å². The molecule has 3 N–H and O–H groups in total. The Balaban J connectivity index is 0.00000256. The van der Waals surface area contributed by atoms with Crippen molar-refractivity contribution in [1.82, 2.24) is 14.6 Å². The second-order valence-corrected chi connectivity index (χ2v) is 9.17. The molecular formula is C19H24ClFN4O4S. The number of aromatic nitrogens is 1. The van der Waals surface area contributed by atoms with Gasteiger partial charge in [0.25, 0.3) is 5.91 Å². The molecule has 1 saturated heterocycles. The first-order valence-corrected chi connectivity index (χ1v) is 10.9. The van der Waals surface area contributed by atoms with Crippen LogP contribution in [0.4, 0.5) is 10.1 Å². The fourth-order valence-electron chi connectivity index (χ4n) is 3.79. The molecule has 4 rings (SSSR count). The number of nitrogens with zero attached hydrogens (tertiary/aromatic N) is 1. The van der Waals surface area contributed by atoms with Gasteiger partial charge in [0.15, 0.2) is 11.4 Å². The molecule has 2 aliphatic heterocycles. The number of halogens is 2. The van der Waals surface area contributed by atoms with Crippen LogP contribution >= 0.6 is 12.4 Å². The predicted molar refractivity (Wildman–Crippen MR) is 112 cm³/mol. The van der Waals surface area contributed by atoms with Crippen molar-refractivity contribution in [1.29, 1.82) is 0 Å². The minimum atomic E-state index is -3.85. The van der Waals surface area contributed by atoms with Crippen molar-refractivity contribution < 1.29 is 22.3 Å². The first kappa shape index (κ1) is 22.5. The smallest absolute Gasteiger partial charge is 0.276 e. The van der Waals surface area contributed by atoms with Gasteiger partial charge in [0.1, 0.15) is 10.7 Å². The lowest BCUT2D eigenvalue weighted by atomic mass is 9.95. The van der Waals surface area contributed by atoms with Crippen LogP contribution in [0.1, 0.15) is 22.5 Å². The van der Waals surface area contributed by atoms with Crippen LogP contribution in [-0.2, 0) is 17.1 Å². The van der Waals surface area contributed by atoms with E-state index < -0.39 is 15.9 Å². The number of piperidine rings is 1. The largest absolute Gasteiger partial charge is 0.489 e. The third-order valence-corrected chi connectivity index (χ3v) is 6.86. The van der Waals surface area contributed by atoms with Crippen LogP contribution in [0.2, 0.25) is 0 Å². The number of amides is 1. The molecule has 3 heterocycles. The van der Waals surface area contributed by atoms with Crippen molar-refractivity contribution in [3.8, 4) is 5.75 Å². The van der Waals surface area contributed by atoms with E-state index in [1.165, 1.54) is 29.0 Å². The molecule has 30 heavy (non-hydrogen) atoms. The molecule has 0 radical (unpaired) electrons. The summed E-state index contributed by atoms with van der Waals surface area (Å²) in [5.41, 5.74) is 0.894. The van der Waals surface area contributed by atoms with E-state index in [1.807, 2.05) is 0 Å². The molecule has 1 aromatic heterocycles. The molecule has 2 aliphatic rings. The van der Waals surface area contributed by atoms with Gasteiger partial charge >= 0.3 is 0 Å². The Kier molecular flexibility index (Phi) is 6.42. The Morgan fingerprint density at radius 1 is 1.37 bits per heavy atom. The van der Waals surface area contributed by atoms with Gasteiger partial charge in [0.05, 0.1) is 6.61 Å². The molecule has 164 valence electrons. The van der Waals surface area contributed by atoms with Gasteiger partial charge in [-0.15, -0.1) is 12.4 Å². The van der Waals surface area contributed by atoms with Crippen LogP contribution in [0.15, 0.2) is 29.3 Å². The Morgan fingerprint density at radius 3 is 2.87 bits per heavy atom. The van der Waals surface area contributed by atoms with Crippen molar-refractivity contribution in [2.45, 2.75) is 24.3 Å². The highest BCUT2D eigenvalue weighted by molar-refractivity contribution is 7.89. The number of anilines is 1. The summed E-state index contributed by atoms with van der Waals surface area (Å²) in [6.07, 6.45) is 2.05. The number of aryl methyl sites for hydroxylation is 2. The summed E-state index contributed by atoms with van der Waals surface area (Å²) < 4.78 is 49.4. The van der Waals surface area contributed by atoms with E-state index >= 15 is 0 Å². The van der Waals surface area contributed by atoms with Crippen molar-refractivity contribution in [3.05, 3.63) is 41.5 Å². The second kappa shape index (κ2) is 8.54. The summed E-state index contributed by atoms with van der Waals surface area (Å²) in [6.45, 7) is 3.24. The lowest BCUT2D eigenvalue weighted by molar-refractivity contribution is 0.101. The first-order chi connectivity index (χ1) is 13.8. The highest BCUT2D eigenvalue weighted by Gasteiger charge is 2.37. The number of sulfonamides is 1. The van der Waals surface area contributed by atoms with Crippen LogP contribution in [-0.4, -0.2) is 44.6 Å². The molecule has 1 fully saturated rings. The number of carbonyl (C=O) groups excluding carboxylic acids is 1. The maximum Gasteiger partial charge on any atom is 0.276 e. The summed E-state index contributed by atoms with van der Waals surface area (Å²) in [5.74, 6) is -0.917. The normalized spacial score (nSPS) is 22.4. The molecule has 0 saturated carbocycles. The Hall–Kier alpha value is -2.14.